The van der Waals surface area contributed by atoms with E-state index in [1.54, 1.807) is 18.1 Å². The number of nitrogens with zero attached hydrogens (tertiary/aromatic N) is 1. The second-order valence-corrected chi connectivity index (χ2v) is 4.27. The van der Waals surface area contributed by atoms with Crippen molar-refractivity contribution in [2.24, 2.45) is 0 Å². The van der Waals surface area contributed by atoms with Crippen LogP contribution in [0.3, 0.4) is 0 Å². The highest BCUT2D eigenvalue weighted by molar-refractivity contribution is 7.97. The highest BCUT2D eigenvalue weighted by atomic mass is 32.2. The van der Waals surface area contributed by atoms with E-state index in [1.807, 2.05) is 6.07 Å². The number of aromatic amines is 1. The zero-order chi connectivity index (χ0) is 10.1. The number of hydrogen-bond donors (Lipinski definition) is 3. The molecule has 1 aromatic heterocycles. The fraction of sp³-hybridized carbons (Fsp3) is 0.100. The number of anilines is 2. The smallest absolute Gasteiger partial charge is 0.125 e. The summed E-state index contributed by atoms with van der Waals surface area (Å²) in [6.45, 7) is 0.929. The summed E-state index contributed by atoms with van der Waals surface area (Å²) in [6, 6.07) is 8.25. The first-order chi connectivity index (χ1) is 7.42. The summed E-state index contributed by atoms with van der Waals surface area (Å²) in [6.07, 6.45) is 1.73. The van der Waals surface area contributed by atoms with E-state index in [4.69, 9.17) is 0 Å². The molecule has 0 spiro atoms. The zero-order valence-electron chi connectivity index (χ0n) is 7.95. The minimum absolute atomic E-state index is 0.911. The average Bonchev–Trinajstić information content (AvgIpc) is 2.87. The first kappa shape index (κ1) is 8.82. The number of aromatic nitrogens is 2. The normalized spacial score (nSPS) is 13.9. The minimum Gasteiger partial charge on any atom is -0.341 e. The Balaban J connectivity index is 1.87. The van der Waals surface area contributed by atoms with Gasteiger partial charge in [-0.1, -0.05) is 0 Å². The fourth-order valence-electron chi connectivity index (χ4n) is 1.57. The molecule has 2 heterocycles. The standard InChI is InChI=1S/C10H10N4S/c1-2-9-7(6-12-15-9)5-8(1)13-10-3-4-11-14-10/h1-5,12H,6H2,(H2,11,13,14). The van der Waals surface area contributed by atoms with Gasteiger partial charge in [0.25, 0.3) is 0 Å². The van der Waals surface area contributed by atoms with E-state index in [1.165, 1.54) is 10.5 Å². The SMILES string of the molecule is c1cc(Nc2ccc3c(c2)CNS3)[nH]n1. The van der Waals surface area contributed by atoms with Crippen molar-refractivity contribution in [1.29, 1.82) is 0 Å². The molecule has 2 aromatic rings. The molecule has 0 bridgehead atoms. The minimum atomic E-state index is 0.911. The molecule has 0 unspecified atom stereocenters. The predicted octanol–water partition coefficient (Wildman–Crippen LogP) is 2.26. The first-order valence-electron chi connectivity index (χ1n) is 4.71. The summed E-state index contributed by atoms with van der Waals surface area (Å²) >= 11 is 1.69. The van der Waals surface area contributed by atoms with Gasteiger partial charge in [-0.25, -0.2) is 0 Å². The Morgan fingerprint density at radius 3 is 3.20 bits per heavy atom. The van der Waals surface area contributed by atoms with Gasteiger partial charge in [0.15, 0.2) is 0 Å². The van der Waals surface area contributed by atoms with Crippen LogP contribution in [0.15, 0.2) is 35.4 Å². The molecular formula is C10H10N4S. The lowest BCUT2D eigenvalue weighted by Gasteiger charge is -2.04. The van der Waals surface area contributed by atoms with Gasteiger partial charge in [0, 0.05) is 23.2 Å². The quantitative estimate of drug-likeness (QED) is 0.677. The molecule has 0 aliphatic carbocycles. The Bertz CT molecular complexity index is 466. The van der Waals surface area contributed by atoms with Gasteiger partial charge in [0.1, 0.15) is 5.82 Å². The van der Waals surface area contributed by atoms with Crippen LogP contribution in [0, 0.1) is 0 Å². The molecule has 0 atom stereocenters. The number of rotatable bonds is 2. The van der Waals surface area contributed by atoms with Gasteiger partial charge >= 0.3 is 0 Å². The fourth-order valence-corrected chi connectivity index (χ4v) is 2.35. The van der Waals surface area contributed by atoms with Crippen LogP contribution < -0.4 is 10.0 Å². The van der Waals surface area contributed by atoms with Crippen molar-refractivity contribution in [3.05, 3.63) is 36.0 Å². The maximum absolute atomic E-state index is 3.89. The third-order valence-electron chi connectivity index (χ3n) is 2.28. The van der Waals surface area contributed by atoms with Crippen molar-refractivity contribution >= 4 is 23.5 Å². The second-order valence-electron chi connectivity index (χ2n) is 3.34. The summed E-state index contributed by atoms with van der Waals surface area (Å²) in [5, 5.41) is 10.0. The monoisotopic (exact) mass is 218 g/mol. The summed E-state index contributed by atoms with van der Waals surface area (Å²) in [5.74, 6) is 0.911. The Morgan fingerprint density at radius 2 is 2.33 bits per heavy atom. The molecule has 15 heavy (non-hydrogen) atoms. The van der Waals surface area contributed by atoms with Gasteiger partial charge in [-0.2, -0.15) is 5.10 Å². The van der Waals surface area contributed by atoms with Crippen molar-refractivity contribution in [3.8, 4) is 0 Å². The van der Waals surface area contributed by atoms with Crippen LogP contribution in [0.1, 0.15) is 5.56 Å². The van der Waals surface area contributed by atoms with Crippen LogP contribution in [0.4, 0.5) is 11.5 Å². The molecule has 0 amide bonds. The summed E-state index contributed by atoms with van der Waals surface area (Å²) in [5.41, 5.74) is 2.42. The topological polar surface area (TPSA) is 52.7 Å². The van der Waals surface area contributed by atoms with Crippen LogP contribution >= 0.6 is 11.9 Å². The van der Waals surface area contributed by atoms with E-state index in [-0.39, 0.29) is 0 Å². The van der Waals surface area contributed by atoms with Gasteiger partial charge < -0.3 is 5.32 Å². The predicted molar refractivity (Wildman–Crippen MR) is 61.0 cm³/mol. The molecule has 1 aromatic carbocycles. The molecule has 5 heteroatoms. The van der Waals surface area contributed by atoms with E-state index in [2.05, 4.69) is 38.4 Å². The Hall–Kier alpha value is -1.46. The lowest BCUT2D eigenvalue weighted by molar-refractivity contribution is 0.994. The first-order valence-corrected chi connectivity index (χ1v) is 5.52. The van der Waals surface area contributed by atoms with E-state index in [9.17, 15) is 0 Å². The molecule has 0 fully saturated rings. The number of fused-ring (bicyclic) bond motifs is 1. The van der Waals surface area contributed by atoms with E-state index in [0.717, 1.165) is 18.1 Å². The Morgan fingerprint density at radius 1 is 1.33 bits per heavy atom. The molecular weight excluding hydrogens is 208 g/mol. The van der Waals surface area contributed by atoms with Crippen LogP contribution in [0.25, 0.3) is 0 Å². The van der Waals surface area contributed by atoms with Gasteiger partial charge in [-0.3, -0.25) is 9.82 Å². The number of nitrogens with one attached hydrogen (secondary N) is 3. The van der Waals surface area contributed by atoms with Crippen LogP contribution in [0.5, 0.6) is 0 Å². The molecule has 0 saturated heterocycles. The molecule has 1 aliphatic heterocycles. The summed E-state index contributed by atoms with van der Waals surface area (Å²) in [4.78, 5) is 1.31. The lowest BCUT2D eigenvalue weighted by atomic mass is 10.2. The van der Waals surface area contributed by atoms with Crippen molar-refractivity contribution in [2.75, 3.05) is 5.32 Å². The molecule has 0 radical (unpaired) electrons. The van der Waals surface area contributed by atoms with Crippen molar-refractivity contribution in [2.45, 2.75) is 11.4 Å². The second kappa shape index (κ2) is 3.60. The maximum atomic E-state index is 3.89. The largest absolute Gasteiger partial charge is 0.341 e. The van der Waals surface area contributed by atoms with Gasteiger partial charge in [-0.15, -0.1) is 0 Å². The highest BCUT2D eigenvalue weighted by Gasteiger charge is 2.10. The van der Waals surface area contributed by atoms with Gasteiger partial charge in [-0.05, 0) is 35.7 Å². The van der Waals surface area contributed by atoms with Crippen molar-refractivity contribution < 1.29 is 0 Å². The van der Waals surface area contributed by atoms with Gasteiger partial charge in [0.05, 0.1) is 6.20 Å². The van der Waals surface area contributed by atoms with Crippen LogP contribution in [-0.2, 0) is 6.54 Å². The average molecular weight is 218 g/mol. The van der Waals surface area contributed by atoms with Crippen LogP contribution in [-0.4, -0.2) is 10.2 Å². The molecule has 4 nitrogen and oxygen atoms in total. The molecule has 1 aliphatic rings. The van der Waals surface area contributed by atoms with Crippen molar-refractivity contribution in [3.63, 3.8) is 0 Å². The Labute approximate surface area is 91.6 Å². The Kier molecular flexibility index (Phi) is 2.12. The van der Waals surface area contributed by atoms with Crippen LogP contribution in [0.2, 0.25) is 0 Å². The van der Waals surface area contributed by atoms with Crippen molar-refractivity contribution in [1.82, 2.24) is 14.9 Å². The van der Waals surface area contributed by atoms with E-state index >= 15 is 0 Å². The summed E-state index contributed by atoms with van der Waals surface area (Å²) < 4.78 is 3.24. The highest BCUT2D eigenvalue weighted by Crippen LogP contribution is 2.29. The van der Waals surface area contributed by atoms with Gasteiger partial charge in [0.2, 0.25) is 0 Å². The number of H-pyrrole nitrogens is 1. The molecule has 76 valence electrons. The number of hydrogen-bond acceptors (Lipinski definition) is 4. The maximum Gasteiger partial charge on any atom is 0.125 e. The molecule has 3 N–H and O–H groups in total. The lowest BCUT2D eigenvalue weighted by Crippen LogP contribution is -1.94. The molecule has 0 saturated carbocycles. The molecule has 3 rings (SSSR count). The van der Waals surface area contributed by atoms with E-state index < -0.39 is 0 Å². The number of benzene rings is 1. The third-order valence-corrected chi connectivity index (χ3v) is 3.19. The zero-order valence-corrected chi connectivity index (χ0v) is 8.77. The third kappa shape index (κ3) is 1.71. The summed E-state index contributed by atoms with van der Waals surface area (Å²) in [7, 11) is 0. The van der Waals surface area contributed by atoms with E-state index in [0.29, 0.717) is 0 Å².